The lowest BCUT2D eigenvalue weighted by Gasteiger charge is -2.15. The first-order chi connectivity index (χ1) is 13.2. The first-order valence-corrected chi connectivity index (χ1v) is 8.69. The number of hydrogen-bond donors (Lipinski definition) is 1. The largest absolute Gasteiger partial charge is 0.496 e. The molecule has 7 nitrogen and oxygen atoms in total. The highest BCUT2D eigenvalue weighted by Gasteiger charge is 2.20. The van der Waals surface area contributed by atoms with Gasteiger partial charge in [-0.2, -0.15) is 0 Å². The number of nitro benzene ring substituents is 1. The number of non-ortho nitro benzene ring substituents is 1. The highest BCUT2D eigenvalue weighted by atomic mass is 16.6. The summed E-state index contributed by atoms with van der Waals surface area (Å²) in [5, 5.41) is 21.1. The van der Waals surface area contributed by atoms with Gasteiger partial charge in [-0.05, 0) is 38.5 Å². The van der Waals surface area contributed by atoms with Crippen LogP contribution in [0.15, 0.2) is 51.2 Å². The molecule has 0 bridgehead atoms. The maximum atomic E-state index is 11.9. The van der Waals surface area contributed by atoms with Crippen molar-refractivity contribution >= 4 is 11.8 Å². The first kappa shape index (κ1) is 21.1. The van der Waals surface area contributed by atoms with Crippen LogP contribution in [0.25, 0.3) is 6.08 Å². The summed E-state index contributed by atoms with van der Waals surface area (Å²) >= 11 is 0. The van der Waals surface area contributed by atoms with E-state index in [4.69, 9.17) is 9.15 Å². The SMILES string of the molecule is COc1c(C)c([C@H](O)C/C(C)=C/C=C/c2ccc([N+](=O)[O-])cc2)oc(=O)c1C. The van der Waals surface area contributed by atoms with E-state index in [1.54, 1.807) is 38.1 Å². The zero-order valence-corrected chi connectivity index (χ0v) is 16.3. The van der Waals surface area contributed by atoms with Gasteiger partial charge in [0.25, 0.3) is 5.69 Å². The van der Waals surface area contributed by atoms with Gasteiger partial charge >= 0.3 is 5.63 Å². The molecule has 1 aromatic heterocycles. The van der Waals surface area contributed by atoms with Gasteiger partial charge < -0.3 is 14.3 Å². The molecular formula is C21H23NO6. The Bertz CT molecular complexity index is 970. The third kappa shape index (κ3) is 4.95. The minimum absolute atomic E-state index is 0.0392. The van der Waals surface area contributed by atoms with E-state index in [-0.39, 0.29) is 17.9 Å². The molecule has 28 heavy (non-hydrogen) atoms. The number of nitro groups is 1. The molecule has 2 aromatic rings. The zero-order valence-electron chi connectivity index (χ0n) is 16.3. The van der Waals surface area contributed by atoms with Gasteiger partial charge in [-0.25, -0.2) is 4.79 Å². The standard InChI is InChI=1S/C21H23NO6/c1-13(6-5-7-16-8-10-17(11-9-16)22(25)26)12-18(23)20-14(2)19(27-4)15(3)21(24)28-20/h5-11,18,23H,12H2,1-4H3/b7-5+,13-6+/t18-/m1/s1. The van der Waals surface area contributed by atoms with Crippen LogP contribution in [0.3, 0.4) is 0 Å². The predicted octanol–water partition coefficient (Wildman–Crippen LogP) is 4.26. The van der Waals surface area contributed by atoms with Crippen LogP contribution in [0.4, 0.5) is 5.69 Å². The fourth-order valence-electron chi connectivity index (χ4n) is 2.86. The van der Waals surface area contributed by atoms with Gasteiger partial charge in [-0.15, -0.1) is 0 Å². The maximum Gasteiger partial charge on any atom is 0.342 e. The molecule has 7 heteroatoms. The zero-order chi connectivity index (χ0) is 20.8. The van der Waals surface area contributed by atoms with Crippen molar-refractivity contribution in [2.24, 2.45) is 0 Å². The van der Waals surface area contributed by atoms with Gasteiger partial charge in [-0.1, -0.05) is 23.8 Å². The summed E-state index contributed by atoms with van der Waals surface area (Å²) in [5.74, 6) is 0.615. The summed E-state index contributed by atoms with van der Waals surface area (Å²) in [6.45, 7) is 5.20. The Morgan fingerprint density at radius 3 is 2.50 bits per heavy atom. The molecule has 0 aliphatic rings. The van der Waals surface area contributed by atoms with E-state index in [1.165, 1.54) is 19.2 Å². The second kappa shape index (κ2) is 9.14. The topological polar surface area (TPSA) is 103 Å². The Hall–Kier alpha value is -3.19. The number of nitrogens with zero attached hydrogens (tertiary/aromatic N) is 1. The van der Waals surface area contributed by atoms with Crippen molar-refractivity contribution in [1.29, 1.82) is 0 Å². The molecule has 0 amide bonds. The predicted molar refractivity (Wildman–Crippen MR) is 106 cm³/mol. The summed E-state index contributed by atoms with van der Waals surface area (Å²) in [4.78, 5) is 22.1. The third-order valence-electron chi connectivity index (χ3n) is 4.36. The Morgan fingerprint density at radius 2 is 1.93 bits per heavy atom. The normalized spacial score (nSPS) is 13.0. The van der Waals surface area contributed by atoms with Gasteiger partial charge in [0.2, 0.25) is 0 Å². The van der Waals surface area contributed by atoms with Crippen LogP contribution < -0.4 is 10.4 Å². The lowest BCUT2D eigenvalue weighted by molar-refractivity contribution is -0.384. The number of hydrogen-bond acceptors (Lipinski definition) is 6. The van der Waals surface area contributed by atoms with E-state index >= 15 is 0 Å². The smallest absolute Gasteiger partial charge is 0.342 e. The minimum atomic E-state index is -0.980. The maximum absolute atomic E-state index is 11.9. The van der Waals surface area contributed by atoms with Crippen LogP contribution in [0.2, 0.25) is 0 Å². The minimum Gasteiger partial charge on any atom is -0.496 e. The molecule has 0 saturated carbocycles. The van der Waals surface area contributed by atoms with Crippen LogP contribution in [0, 0.1) is 24.0 Å². The van der Waals surface area contributed by atoms with Gasteiger partial charge in [0.1, 0.15) is 17.6 Å². The molecule has 148 valence electrons. The monoisotopic (exact) mass is 385 g/mol. The number of allylic oxidation sites excluding steroid dienone is 2. The molecule has 0 spiro atoms. The van der Waals surface area contributed by atoms with Crippen molar-refractivity contribution in [3.63, 3.8) is 0 Å². The molecule has 1 atom stereocenters. The van der Waals surface area contributed by atoms with Crippen molar-refractivity contribution in [2.75, 3.05) is 7.11 Å². The van der Waals surface area contributed by atoms with Crippen molar-refractivity contribution < 1.29 is 19.2 Å². The van der Waals surface area contributed by atoms with E-state index in [2.05, 4.69) is 0 Å². The van der Waals surface area contributed by atoms with Gasteiger partial charge in [0.15, 0.2) is 0 Å². The summed E-state index contributed by atoms with van der Waals surface area (Å²) < 4.78 is 10.5. The number of rotatable bonds is 7. The lowest BCUT2D eigenvalue weighted by Crippen LogP contribution is -2.13. The van der Waals surface area contributed by atoms with Crippen LogP contribution in [0.5, 0.6) is 5.75 Å². The fourth-order valence-corrected chi connectivity index (χ4v) is 2.86. The molecule has 0 aliphatic carbocycles. The van der Waals surface area contributed by atoms with E-state index in [0.717, 1.165) is 11.1 Å². The van der Waals surface area contributed by atoms with E-state index < -0.39 is 16.7 Å². The molecule has 1 heterocycles. The molecule has 0 radical (unpaired) electrons. The van der Waals surface area contributed by atoms with Gasteiger partial charge in [0.05, 0.1) is 17.6 Å². The molecule has 0 saturated heterocycles. The van der Waals surface area contributed by atoms with E-state index in [0.29, 0.717) is 16.9 Å². The summed E-state index contributed by atoms with van der Waals surface area (Å²) in [7, 11) is 1.47. The highest BCUT2D eigenvalue weighted by molar-refractivity contribution is 5.53. The summed E-state index contributed by atoms with van der Waals surface area (Å²) in [6, 6.07) is 6.19. The number of benzene rings is 1. The Balaban J connectivity index is 2.11. The average molecular weight is 385 g/mol. The van der Waals surface area contributed by atoms with Crippen LogP contribution in [-0.4, -0.2) is 17.1 Å². The Morgan fingerprint density at radius 1 is 1.29 bits per heavy atom. The third-order valence-corrected chi connectivity index (χ3v) is 4.36. The van der Waals surface area contributed by atoms with Gasteiger partial charge in [0, 0.05) is 24.1 Å². The first-order valence-electron chi connectivity index (χ1n) is 8.69. The molecule has 1 aromatic carbocycles. The second-order valence-corrected chi connectivity index (χ2v) is 6.48. The summed E-state index contributed by atoms with van der Waals surface area (Å²) in [5.41, 5.74) is 2.16. The van der Waals surface area contributed by atoms with Crippen LogP contribution >= 0.6 is 0 Å². The average Bonchev–Trinajstić information content (AvgIpc) is 2.65. The molecule has 0 aliphatic heterocycles. The van der Waals surface area contributed by atoms with Crippen LogP contribution in [0.1, 0.15) is 41.9 Å². The molecule has 0 fully saturated rings. The Labute approximate surface area is 162 Å². The lowest BCUT2D eigenvalue weighted by atomic mass is 10.0. The number of aliphatic hydroxyl groups is 1. The van der Waals surface area contributed by atoms with Crippen molar-refractivity contribution in [1.82, 2.24) is 0 Å². The number of aliphatic hydroxyl groups excluding tert-OH is 1. The molecule has 2 rings (SSSR count). The fraction of sp³-hybridized carbons (Fsp3) is 0.286. The summed E-state index contributed by atoms with van der Waals surface area (Å²) in [6.07, 6.45) is 4.72. The Kier molecular flexibility index (Phi) is 6.89. The number of methoxy groups -OCH3 is 1. The van der Waals surface area contributed by atoms with Crippen molar-refractivity contribution in [3.05, 3.63) is 85.0 Å². The second-order valence-electron chi connectivity index (χ2n) is 6.48. The molecule has 1 N–H and O–H groups in total. The van der Waals surface area contributed by atoms with Crippen LogP contribution in [-0.2, 0) is 0 Å². The quantitative estimate of drug-likeness (QED) is 0.434. The van der Waals surface area contributed by atoms with Crippen molar-refractivity contribution in [2.45, 2.75) is 33.3 Å². The van der Waals surface area contributed by atoms with Gasteiger partial charge in [-0.3, -0.25) is 10.1 Å². The number of ether oxygens (including phenoxy) is 1. The highest BCUT2D eigenvalue weighted by Crippen LogP contribution is 2.30. The molecule has 0 unspecified atom stereocenters. The molecular weight excluding hydrogens is 362 g/mol. The van der Waals surface area contributed by atoms with Crippen molar-refractivity contribution in [3.8, 4) is 5.75 Å². The van der Waals surface area contributed by atoms with E-state index in [9.17, 15) is 20.0 Å². The van der Waals surface area contributed by atoms with E-state index in [1.807, 2.05) is 13.0 Å².